The van der Waals surface area contributed by atoms with Gasteiger partial charge in [0.15, 0.2) is 23.2 Å². The van der Waals surface area contributed by atoms with E-state index in [0.29, 0.717) is 12.8 Å². The van der Waals surface area contributed by atoms with Gasteiger partial charge in [0, 0.05) is 25.4 Å². The van der Waals surface area contributed by atoms with Crippen LogP contribution in [0.5, 0.6) is 0 Å². The SMILES string of the molecule is CNNc1c(F)c(F)c(F)c(N(/C=C/C(=O)OC)C2CC2)c1C(C)=O. The zero-order valence-corrected chi connectivity index (χ0v) is 14.0. The molecule has 0 heterocycles. The zero-order valence-electron chi connectivity index (χ0n) is 14.0. The summed E-state index contributed by atoms with van der Waals surface area (Å²) in [6, 6.07) is -0.235. The molecule has 2 rings (SSSR count). The van der Waals surface area contributed by atoms with E-state index in [4.69, 9.17) is 0 Å². The Labute approximate surface area is 142 Å². The molecule has 1 aliphatic rings. The molecule has 9 heteroatoms. The van der Waals surface area contributed by atoms with E-state index in [-0.39, 0.29) is 11.6 Å². The molecule has 0 bridgehead atoms. The molecule has 1 aromatic carbocycles. The predicted molar refractivity (Wildman–Crippen MR) is 85.7 cm³/mol. The first kappa shape index (κ1) is 18.8. The molecule has 0 aliphatic heterocycles. The van der Waals surface area contributed by atoms with Gasteiger partial charge in [-0.1, -0.05) is 0 Å². The summed E-state index contributed by atoms with van der Waals surface area (Å²) in [4.78, 5) is 24.6. The van der Waals surface area contributed by atoms with Crippen molar-refractivity contribution in [3.05, 3.63) is 35.3 Å². The second-order valence-corrected chi connectivity index (χ2v) is 5.45. The Bertz CT molecular complexity index is 733. The molecule has 0 atom stereocenters. The molecule has 2 N–H and O–H groups in total. The molecule has 136 valence electrons. The molecule has 0 unspecified atom stereocenters. The summed E-state index contributed by atoms with van der Waals surface area (Å²) in [7, 11) is 2.56. The van der Waals surface area contributed by atoms with E-state index >= 15 is 0 Å². The monoisotopic (exact) mass is 357 g/mol. The summed E-state index contributed by atoms with van der Waals surface area (Å²) in [6.07, 6.45) is 3.52. The first-order valence-corrected chi connectivity index (χ1v) is 7.52. The topological polar surface area (TPSA) is 70.7 Å². The van der Waals surface area contributed by atoms with Gasteiger partial charge in [-0.05, 0) is 19.8 Å². The number of Topliss-reactive ketones (excluding diaryl/α,β-unsaturated/α-hetero) is 1. The Morgan fingerprint density at radius 2 is 1.84 bits per heavy atom. The standard InChI is InChI=1S/C16H18F3N3O3/c1-8(23)11-15(21-20-2)13(18)12(17)14(19)16(11)22(9-4-5-9)7-6-10(24)25-3/h6-7,9,20-21H,4-5H2,1-3H3/b7-6+. The van der Waals surface area contributed by atoms with E-state index in [1.165, 1.54) is 25.3 Å². The van der Waals surface area contributed by atoms with Crippen molar-refractivity contribution in [1.82, 2.24) is 5.43 Å². The van der Waals surface area contributed by atoms with Gasteiger partial charge in [0.2, 0.25) is 0 Å². The third kappa shape index (κ3) is 3.76. The Kier molecular flexibility index (Phi) is 5.68. The highest BCUT2D eigenvalue weighted by molar-refractivity contribution is 6.05. The van der Waals surface area contributed by atoms with Crippen LogP contribution in [0.3, 0.4) is 0 Å². The lowest BCUT2D eigenvalue weighted by Gasteiger charge is -2.25. The van der Waals surface area contributed by atoms with E-state index in [9.17, 15) is 22.8 Å². The van der Waals surface area contributed by atoms with Crippen LogP contribution in [-0.2, 0) is 9.53 Å². The number of ketones is 1. The van der Waals surface area contributed by atoms with Gasteiger partial charge in [0.25, 0.3) is 0 Å². The molecule has 0 spiro atoms. The number of hydrogen-bond acceptors (Lipinski definition) is 6. The highest BCUT2D eigenvalue weighted by atomic mass is 19.2. The fraction of sp³-hybridized carbons (Fsp3) is 0.375. The summed E-state index contributed by atoms with van der Waals surface area (Å²) in [5, 5.41) is 0. The molecule has 1 aliphatic carbocycles. The van der Waals surface area contributed by atoms with Crippen LogP contribution in [-0.4, -0.2) is 32.0 Å². The number of benzene rings is 1. The van der Waals surface area contributed by atoms with Gasteiger partial charge in [0.05, 0.1) is 18.4 Å². The average Bonchev–Trinajstić information content (AvgIpc) is 3.41. The maximum Gasteiger partial charge on any atom is 0.331 e. The van der Waals surface area contributed by atoms with Gasteiger partial charge >= 0.3 is 5.97 Å². The van der Waals surface area contributed by atoms with Gasteiger partial charge in [-0.15, -0.1) is 0 Å². The molecule has 25 heavy (non-hydrogen) atoms. The van der Waals surface area contributed by atoms with Crippen LogP contribution >= 0.6 is 0 Å². The fourth-order valence-corrected chi connectivity index (χ4v) is 2.42. The third-order valence-corrected chi connectivity index (χ3v) is 3.67. The fourth-order valence-electron chi connectivity index (χ4n) is 2.42. The van der Waals surface area contributed by atoms with E-state index in [1.807, 2.05) is 0 Å². The average molecular weight is 357 g/mol. The highest BCUT2D eigenvalue weighted by Crippen LogP contribution is 2.41. The second-order valence-electron chi connectivity index (χ2n) is 5.45. The van der Waals surface area contributed by atoms with E-state index in [1.54, 1.807) is 0 Å². The minimum absolute atomic E-state index is 0.235. The molecule has 1 saturated carbocycles. The Morgan fingerprint density at radius 1 is 1.20 bits per heavy atom. The van der Waals surface area contributed by atoms with E-state index in [2.05, 4.69) is 15.6 Å². The Hall–Kier alpha value is -2.55. The number of carbonyl (C=O) groups excluding carboxylic acids is 2. The quantitative estimate of drug-likeness (QED) is 0.257. The number of hydrazine groups is 1. The number of ether oxygens (including phenoxy) is 1. The first-order chi connectivity index (χ1) is 11.8. The number of halogens is 3. The minimum Gasteiger partial charge on any atom is -0.466 e. The van der Waals surface area contributed by atoms with Gasteiger partial charge in [0.1, 0.15) is 5.69 Å². The number of methoxy groups -OCH3 is 1. The van der Waals surface area contributed by atoms with Gasteiger partial charge in [-0.3, -0.25) is 4.79 Å². The van der Waals surface area contributed by atoms with Crippen LogP contribution in [0, 0.1) is 17.5 Å². The predicted octanol–water partition coefficient (Wildman–Crippen LogP) is 2.51. The van der Waals surface area contributed by atoms with Gasteiger partial charge in [-0.2, -0.15) is 0 Å². The summed E-state index contributed by atoms with van der Waals surface area (Å²) in [6.45, 7) is 1.12. The number of carbonyl (C=O) groups is 2. The second kappa shape index (κ2) is 7.56. The van der Waals surface area contributed by atoms with Crippen LogP contribution in [0.1, 0.15) is 30.1 Å². The van der Waals surface area contributed by atoms with Crippen molar-refractivity contribution < 1.29 is 27.5 Å². The lowest BCUT2D eigenvalue weighted by atomic mass is 10.0. The number of esters is 1. The van der Waals surface area contributed by atoms with E-state index < -0.39 is 40.6 Å². The molecule has 1 fully saturated rings. The maximum absolute atomic E-state index is 14.5. The van der Waals surface area contributed by atoms with Crippen molar-refractivity contribution in [2.24, 2.45) is 0 Å². The van der Waals surface area contributed by atoms with Gasteiger partial charge in [-0.25, -0.2) is 23.4 Å². The van der Waals surface area contributed by atoms with Crippen molar-refractivity contribution >= 4 is 23.1 Å². The maximum atomic E-state index is 14.5. The summed E-state index contributed by atoms with van der Waals surface area (Å²) >= 11 is 0. The zero-order chi connectivity index (χ0) is 18.7. The molecular weight excluding hydrogens is 339 g/mol. The van der Waals surface area contributed by atoms with Gasteiger partial charge < -0.3 is 15.1 Å². The van der Waals surface area contributed by atoms with Crippen molar-refractivity contribution in [1.29, 1.82) is 0 Å². The van der Waals surface area contributed by atoms with Crippen molar-refractivity contribution in [3.8, 4) is 0 Å². The summed E-state index contributed by atoms with van der Waals surface area (Å²) in [5.74, 6) is -6.08. The smallest absolute Gasteiger partial charge is 0.331 e. The van der Waals surface area contributed by atoms with Crippen molar-refractivity contribution in [2.45, 2.75) is 25.8 Å². The number of hydrogen-bond donors (Lipinski definition) is 2. The molecule has 1 aromatic rings. The number of anilines is 2. The van der Waals surface area contributed by atoms with Crippen LogP contribution in [0.2, 0.25) is 0 Å². The lowest BCUT2D eigenvalue weighted by Crippen LogP contribution is -2.27. The number of nitrogens with zero attached hydrogens (tertiary/aromatic N) is 1. The normalized spacial score (nSPS) is 13.8. The van der Waals surface area contributed by atoms with Crippen molar-refractivity contribution in [2.75, 3.05) is 24.5 Å². The third-order valence-electron chi connectivity index (χ3n) is 3.67. The van der Waals surface area contributed by atoms with E-state index in [0.717, 1.165) is 13.0 Å². The molecule has 0 saturated heterocycles. The van der Waals surface area contributed by atoms with Crippen LogP contribution in [0.15, 0.2) is 12.3 Å². The Balaban J connectivity index is 2.70. The van der Waals surface area contributed by atoms with Crippen LogP contribution in [0.25, 0.3) is 0 Å². The number of rotatable bonds is 7. The first-order valence-electron chi connectivity index (χ1n) is 7.52. The molecule has 0 aromatic heterocycles. The van der Waals surface area contributed by atoms with Crippen molar-refractivity contribution in [3.63, 3.8) is 0 Å². The summed E-state index contributed by atoms with van der Waals surface area (Å²) < 4.78 is 47.2. The highest BCUT2D eigenvalue weighted by Gasteiger charge is 2.36. The molecular formula is C16H18F3N3O3. The van der Waals surface area contributed by atoms with Crippen LogP contribution in [0.4, 0.5) is 24.5 Å². The largest absolute Gasteiger partial charge is 0.466 e. The Morgan fingerprint density at radius 3 is 2.32 bits per heavy atom. The summed E-state index contributed by atoms with van der Waals surface area (Å²) in [5.41, 5.74) is 3.45. The van der Waals surface area contributed by atoms with Crippen LogP contribution < -0.4 is 15.8 Å². The molecule has 0 radical (unpaired) electrons. The lowest BCUT2D eigenvalue weighted by molar-refractivity contribution is -0.134. The molecule has 6 nitrogen and oxygen atoms in total. The number of nitrogens with one attached hydrogen (secondary N) is 2. The minimum atomic E-state index is -1.71. The molecule has 0 amide bonds.